The molecule has 0 radical (unpaired) electrons. The minimum Gasteiger partial charge on any atom is -0.393 e. The number of aliphatic hydroxyl groups is 1. The first-order valence-corrected chi connectivity index (χ1v) is 9.18. The minimum atomic E-state index is -0.0461. The molecule has 21 heavy (non-hydrogen) atoms. The molecule has 0 heterocycles. The van der Waals surface area contributed by atoms with Crippen molar-refractivity contribution < 1.29 is 5.11 Å². The molecule has 0 aliphatic heterocycles. The summed E-state index contributed by atoms with van der Waals surface area (Å²) < 4.78 is 0. The van der Waals surface area contributed by atoms with Crippen LogP contribution in [0.15, 0.2) is 22.8 Å². The van der Waals surface area contributed by atoms with E-state index in [9.17, 15) is 5.11 Å². The molecule has 0 spiro atoms. The Labute approximate surface area is 129 Å². The summed E-state index contributed by atoms with van der Waals surface area (Å²) >= 11 is 0. The van der Waals surface area contributed by atoms with Gasteiger partial charge in [-0.15, -0.1) is 0 Å². The second kappa shape index (κ2) is 4.98. The van der Waals surface area contributed by atoms with Crippen LogP contribution in [0.4, 0.5) is 0 Å². The van der Waals surface area contributed by atoms with Gasteiger partial charge in [0.2, 0.25) is 0 Å². The van der Waals surface area contributed by atoms with Crippen molar-refractivity contribution in [1.82, 2.24) is 0 Å². The third-order valence-corrected chi connectivity index (χ3v) is 7.54. The largest absolute Gasteiger partial charge is 0.393 e. The Kier molecular flexibility index (Phi) is 3.33. The molecule has 0 amide bonds. The van der Waals surface area contributed by atoms with Crippen LogP contribution in [0.25, 0.3) is 0 Å². The maximum Gasteiger partial charge on any atom is 0.0580 e. The molecule has 1 nitrogen and oxygen atoms in total. The van der Waals surface area contributed by atoms with Crippen LogP contribution in [0, 0.1) is 23.2 Å². The average Bonchev–Trinajstić information content (AvgIpc) is 2.83. The third kappa shape index (κ3) is 2.00. The number of rotatable bonds is 0. The fourth-order valence-electron chi connectivity index (χ4n) is 6.51. The van der Waals surface area contributed by atoms with Gasteiger partial charge in [0.05, 0.1) is 6.10 Å². The van der Waals surface area contributed by atoms with E-state index in [1.807, 2.05) is 0 Å². The zero-order valence-corrected chi connectivity index (χ0v) is 13.7. The fraction of sp³-hybridized carbons (Fsp3) is 0.800. The second-order valence-electron chi connectivity index (χ2n) is 8.25. The van der Waals surface area contributed by atoms with E-state index in [1.54, 1.807) is 16.7 Å². The van der Waals surface area contributed by atoms with E-state index in [4.69, 9.17) is 0 Å². The Hall–Kier alpha value is -0.560. The van der Waals surface area contributed by atoms with Gasteiger partial charge in [-0.25, -0.2) is 0 Å². The fourth-order valence-corrected chi connectivity index (χ4v) is 6.51. The highest BCUT2D eigenvalue weighted by Gasteiger charge is 2.52. The van der Waals surface area contributed by atoms with Crippen LogP contribution in [0.1, 0.15) is 71.6 Å². The first kappa shape index (κ1) is 14.1. The van der Waals surface area contributed by atoms with Gasteiger partial charge in [-0.05, 0) is 87.9 Å². The molecule has 0 aromatic heterocycles. The molecule has 4 rings (SSSR count). The summed E-state index contributed by atoms with van der Waals surface area (Å²) in [5, 5.41) is 9.96. The molecular formula is C20H30O. The van der Waals surface area contributed by atoms with Crippen molar-refractivity contribution in [3.05, 3.63) is 22.8 Å². The lowest BCUT2D eigenvalue weighted by atomic mass is 9.54. The molecule has 0 bridgehead atoms. The second-order valence-corrected chi connectivity index (χ2v) is 8.25. The highest BCUT2D eigenvalue weighted by atomic mass is 16.3. The molecule has 2 fully saturated rings. The lowest BCUT2D eigenvalue weighted by Gasteiger charge is -2.51. The van der Waals surface area contributed by atoms with Crippen molar-refractivity contribution in [2.24, 2.45) is 23.2 Å². The lowest BCUT2D eigenvalue weighted by Crippen LogP contribution is -2.42. The highest BCUT2D eigenvalue weighted by molar-refractivity contribution is 5.30. The Morgan fingerprint density at radius 3 is 2.76 bits per heavy atom. The summed E-state index contributed by atoms with van der Waals surface area (Å²) in [4.78, 5) is 0. The van der Waals surface area contributed by atoms with Gasteiger partial charge in [0, 0.05) is 0 Å². The van der Waals surface area contributed by atoms with E-state index < -0.39 is 0 Å². The van der Waals surface area contributed by atoms with Gasteiger partial charge in [0.15, 0.2) is 0 Å². The van der Waals surface area contributed by atoms with Crippen LogP contribution >= 0.6 is 0 Å². The lowest BCUT2D eigenvalue weighted by molar-refractivity contribution is 0.0544. The Balaban J connectivity index is 1.65. The molecule has 4 aliphatic carbocycles. The minimum absolute atomic E-state index is 0.0461. The quantitative estimate of drug-likeness (QED) is 0.621. The van der Waals surface area contributed by atoms with E-state index in [0.717, 1.165) is 30.6 Å². The van der Waals surface area contributed by atoms with Crippen molar-refractivity contribution >= 4 is 0 Å². The summed E-state index contributed by atoms with van der Waals surface area (Å²) in [5.41, 5.74) is 5.72. The van der Waals surface area contributed by atoms with Crippen LogP contribution in [0.5, 0.6) is 0 Å². The van der Waals surface area contributed by atoms with Crippen molar-refractivity contribution in [1.29, 1.82) is 0 Å². The van der Waals surface area contributed by atoms with Gasteiger partial charge in [-0.1, -0.05) is 29.7 Å². The zero-order chi connectivity index (χ0) is 14.6. The number of hydrogen-bond donors (Lipinski definition) is 1. The highest BCUT2D eigenvalue weighted by Crippen LogP contribution is 2.62. The van der Waals surface area contributed by atoms with Gasteiger partial charge >= 0.3 is 0 Å². The van der Waals surface area contributed by atoms with Gasteiger partial charge in [-0.2, -0.15) is 0 Å². The Bertz CT molecular complexity index is 500. The van der Waals surface area contributed by atoms with E-state index in [2.05, 4.69) is 19.9 Å². The van der Waals surface area contributed by atoms with Crippen molar-refractivity contribution in [2.75, 3.05) is 0 Å². The summed E-state index contributed by atoms with van der Waals surface area (Å²) in [5.74, 6) is 2.74. The smallest absolute Gasteiger partial charge is 0.0580 e. The summed E-state index contributed by atoms with van der Waals surface area (Å²) in [7, 11) is 0. The van der Waals surface area contributed by atoms with Crippen LogP contribution in [-0.2, 0) is 0 Å². The van der Waals surface area contributed by atoms with Crippen LogP contribution in [0.3, 0.4) is 0 Å². The zero-order valence-electron chi connectivity index (χ0n) is 13.7. The maximum atomic E-state index is 9.96. The van der Waals surface area contributed by atoms with Crippen LogP contribution in [-0.4, -0.2) is 11.2 Å². The molecule has 1 N–H and O–H groups in total. The van der Waals surface area contributed by atoms with Crippen LogP contribution in [0.2, 0.25) is 0 Å². The SMILES string of the molecule is C/C=C1/CCC2C3CCC4=C(CC[C@H](O)C4)C3CC[C@]12C. The Morgan fingerprint density at radius 1 is 1.10 bits per heavy atom. The molecule has 116 valence electrons. The monoisotopic (exact) mass is 286 g/mol. The van der Waals surface area contributed by atoms with Gasteiger partial charge < -0.3 is 5.11 Å². The predicted octanol–water partition coefficient (Wildman–Crippen LogP) is 5.01. The summed E-state index contributed by atoms with van der Waals surface area (Å²) in [6.45, 7) is 4.81. The van der Waals surface area contributed by atoms with E-state index in [0.29, 0.717) is 5.41 Å². The molecule has 4 aliphatic rings. The molecule has 5 atom stereocenters. The number of allylic oxidation sites excluding steroid dienone is 3. The first-order chi connectivity index (χ1) is 10.1. The first-order valence-electron chi connectivity index (χ1n) is 9.18. The van der Waals surface area contributed by atoms with Gasteiger partial charge in [0.1, 0.15) is 0 Å². The topological polar surface area (TPSA) is 20.2 Å². The van der Waals surface area contributed by atoms with E-state index in [1.165, 1.54) is 44.9 Å². The van der Waals surface area contributed by atoms with Crippen LogP contribution < -0.4 is 0 Å². The molecule has 1 heteroatoms. The van der Waals surface area contributed by atoms with Crippen molar-refractivity contribution in [3.8, 4) is 0 Å². The van der Waals surface area contributed by atoms with Crippen molar-refractivity contribution in [2.45, 2.75) is 77.7 Å². The molecule has 0 aromatic carbocycles. The number of hydrogen-bond acceptors (Lipinski definition) is 1. The summed E-state index contributed by atoms with van der Waals surface area (Å²) in [6, 6.07) is 0. The molecular weight excluding hydrogens is 256 g/mol. The average molecular weight is 286 g/mol. The van der Waals surface area contributed by atoms with E-state index >= 15 is 0 Å². The third-order valence-electron chi connectivity index (χ3n) is 7.54. The molecule has 0 aromatic rings. The molecule has 2 saturated carbocycles. The number of fused-ring (bicyclic) bond motifs is 4. The van der Waals surface area contributed by atoms with Crippen molar-refractivity contribution in [3.63, 3.8) is 0 Å². The predicted molar refractivity (Wildman–Crippen MR) is 86.9 cm³/mol. The standard InChI is InChI=1S/C20H30O/c1-3-14-5-9-19-18-7-4-13-12-15(21)6-8-16(13)17(18)10-11-20(14,19)2/h3,15,17-19,21H,4-12H2,1-2H3/b14-3-/t15-,17?,18?,19?,20+/m0/s1. The van der Waals surface area contributed by atoms with E-state index in [-0.39, 0.29) is 6.10 Å². The normalized spacial score (nSPS) is 48.0. The van der Waals surface area contributed by atoms with Gasteiger partial charge in [0.25, 0.3) is 0 Å². The molecule has 0 saturated heterocycles. The number of aliphatic hydroxyl groups excluding tert-OH is 1. The summed E-state index contributed by atoms with van der Waals surface area (Å²) in [6.07, 6.45) is 13.8. The molecule has 3 unspecified atom stereocenters. The maximum absolute atomic E-state index is 9.96. The Morgan fingerprint density at radius 2 is 1.95 bits per heavy atom. The van der Waals surface area contributed by atoms with Gasteiger partial charge in [-0.3, -0.25) is 0 Å².